The van der Waals surface area contributed by atoms with Crippen molar-refractivity contribution in [3.05, 3.63) is 0 Å². The molecule has 4 nitrogen and oxygen atoms in total. The zero-order valence-electron chi connectivity index (χ0n) is 4.70. The smallest absolute Gasteiger partial charge is 0.219 e. The van der Waals surface area contributed by atoms with E-state index in [4.69, 9.17) is 0 Å². The van der Waals surface area contributed by atoms with Gasteiger partial charge in [0, 0.05) is 6.42 Å². The van der Waals surface area contributed by atoms with Gasteiger partial charge in [-0.15, -0.1) is 0 Å². The highest BCUT2D eigenvalue weighted by Crippen LogP contribution is 2.19. The zero-order chi connectivity index (χ0) is 7.07. The van der Waals surface area contributed by atoms with Gasteiger partial charge in [0.15, 0.2) is 5.78 Å². The summed E-state index contributed by atoms with van der Waals surface area (Å²) in [6.07, 6.45) is 0.763. The lowest BCUT2D eigenvalue weighted by Crippen LogP contribution is -2.42. The van der Waals surface area contributed by atoms with Crippen LogP contribution in [-0.4, -0.2) is 19.5 Å². The summed E-state index contributed by atoms with van der Waals surface area (Å²) in [5.74, 6) is -0.252. The summed E-state index contributed by atoms with van der Waals surface area (Å²) >= 11 is 0. The number of nitrogens with two attached hydrogens (primary N) is 1. The summed E-state index contributed by atoms with van der Waals surface area (Å²) < 4.78 is 20.8. The third kappa shape index (κ3) is 1.11. The quantitative estimate of drug-likeness (QED) is 0.519. The number of ketones is 1. The Bertz CT molecular complexity index is 230. The van der Waals surface area contributed by atoms with Crippen LogP contribution in [0.3, 0.4) is 0 Å². The van der Waals surface area contributed by atoms with Crippen molar-refractivity contribution in [2.45, 2.75) is 18.1 Å². The van der Waals surface area contributed by atoms with Crippen molar-refractivity contribution in [2.24, 2.45) is 5.14 Å². The Morgan fingerprint density at radius 3 is 2.11 bits per heavy atom. The molecule has 1 unspecified atom stereocenters. The van der Waals surface area contributed by atoms with Crippen LogP contribution in [-0.2, 0) is 14.8 Å². The van der Waals surface area contributed by atoms with Crippen LogP contribution in [0, 0.1) is 0 Å². The average Bonchev–Trinajstić information content (AvgIpc) is 1.57. The van der Waals surface area contributed by atoms with Crippen molar-refractivity contribution in [3.63, 3.8) is 0 Å². The molecule has 5 heteroatoms. The maximum Gasteiger partial charge on any atom is 0.219 e. The van der Waals surface area contributed by atoms with Crippen LogP contribution in [0.15, 0.2) is 0 Å². The van der Waals surface area contributed by atoms with E-state index >= 15 is 0 Å². The number of sulfonamides is 1. The molecular weight excluding hydrogens is 142 g/mol. The van der Waals surface area contributed by atoms with Crippen LogP contribution in [0.5, 0.6) is 0 Å². The fourth-order valence-corrected chi connectivity index (χ4v) is 1.66. The Balaban J connectivity index is 2.77. The Kier molecular flexibility index (Phi) is 1.32. The first-order chi connectivity index (χ1) is 4.02. The number of carbonyl (C=O) groups is 1. The van der Waals surface area contributed by atoms with Crippen molar-refractivity contribution < 1.29 is 13.2 Å². The molecule has 1 aliphatic rings. The predicted octanol–water partition coefficient (Wildman–Crippen LogP) is -0.994. The van der Waals surface area contributed by atoms with E-state index in [0.29, 0.717) is 12.8 Å². The van der Waals surface area contributed by atoms with Crippen molar-refractivity contribution in [2.75, 3.05) is 0 Å². The summed E-state index contributed by atoms with van der Waals surface area (Å²) in [5, 5.41) is 3.79. The third-order valence-corrected chi connectivity index (χ3v) is 2.70. The Morgan fingerprint density at radius 2 is 2.11 bits per heavy atom. The predicted molar refractivity (Wildman–Crippen MR) is 31.1 cm³/mol. The molecule has 0 aromatic rings. The number of carbonyl (C=O) groups excluding carboxylic acids is 1. The van der Waals surface area contributed by atoms with Gasteiger partial charge in [0.05, 0.1) is 0 Å². The molecule has 0 aromatic carbocycles. The summed E-state index contributed by atoms with van der Waals surface area (Å²) in [4.78, 5) is 10.4. The molecule has 0 saturated heterocycles. The van der Waals surface area contributed by atoms with Gasteiger partial charge in [-0.2, -0.15) is 0 Å². The number of hydrogen-bond acceptors (Lipinski definition) is 3. The number of Topliss-reactive ketones (excluding diaryl/α,β-unsaturated/α-hetero) is 1. The van der Waals surface area contributed by atoms with Crippen LogP contribution in [0.4, 0.5) is 0 Å². The van der Waals surface area contributed by atoms with Gasteiger partial charge in [-0.1, -0.05) is 0 Å². The second-order valence-corrected chi connectivity index (χ2v) is 3.83. The molecule has 1 saturated carbocycles. The van der Waals surface area contributed by atoms with Crippen molar-refractivity contribution in [1.29, 1.82) is 0 Å². The van der Waals surface area contributed by atoms with Gasteiger partial charge >= 0.3 is 0 Å². The lowest BCUT2D eigenvalue weighted by atomic mass is 9.98. The van der Waals surface area contributed by atoms with Gasteiger partial charge in [-0.05, 0) is 6.42 Å². The Labute approximate surface area is 53.1 Å². The van der Waals surface area contributed by atoms with Crippen LogP contribution in [0.1, 0.15) is 12.8 Å². The highest BCUT2D eigenvalue weighted by Gasteiger charge is 2.36. The fourth-order valence-electron chi connectivity index (χ4n) is 0.728. The highest BCUT2D eigenvalue weighted by molar-refractivity contribution is 7.90. The maximum absolute atomic E-state index is 10.4. The minimum Gasteiger partial charge on any atom is -0.298 e. The van der Waals surface area contributed by atoms with Gasteiger partial charge < -0.3 is 0 Å². The average molecular weight is 149 g/mol. The number of primary sulfonamides is 1. The van der Waals surface area contributed by atoms with Crippen molar-refractivity contribution >= 4 is 15.8 Å². The van der Waals surface area contributed by atoms with E-state index in [1.807, 2.05) is 0 Å². The molecule has 1 fully saturated rings. The Hall–Kier alpha value is -0.420. The molecule has 0 aliphatic heterocycles. The minimum absolute atomic E-state index is 0.252. The SMILES string of the molecule is NS(=O)(=O)C1CCC1=O. The first kappa shape index (κ1) is 6.70. The lowest BCUT2D eigenvalue weighted by Gasteiger charge is -2.20. The van der Waals surface area contributed by atoms with E-state index in [1.54, 1.807) is 0 Å². The normalized spacial score (nSPS) is 27.7. The van der Waals surface area contributed by atoms with Gasteiger partial charge in [0.25, 0.3) is 0 Å². The van der Waals surface area contributed by atoms with Crippen LogP contribution in [0.2, 0.25) is 0 Å². The molecule has 0 radical (unpaired) electrons. The van der Waals surface area contributed by atoms with E-state index in [-0.39, 0.29) is 5.78 Å². The Morgan fingerprint density at radius 1 is 1.56 bits per heavy atom. The standard InChI is InChI=1S/C4H7NO3S/c5-9(7,8)4-2-1-3(4)6/h4H,1-2H2,(H2,5,7,8). The second kappa shape index (κ2) is 1.78. The molecular formula is C4H7NO3S. The molecule has 0 aromatic heterocycles. The van der Waals surface area contributed by atoms with Gasteiger partial charge in [-0.25, -0.2) is 13.6 Å². The number of hydrogen-bond donors (Lipinski definition) is 1. The summed E-state index contributed by atoms with van der Waals surface area (Å²) in [7, 11) is -3.56. The fraction of sp³-hybridized carbons (Fsp3) is 0.750. The monoisotopic (exact) mass is 149 g/mol. The number of rotatable bonds is 1. The second-order valence-electron chi connectivity index (χ2n) is 2.08. The molecule has 52 valence electrons. The molecule has 1 aliphatic carbocycles. The molecule has 0 heterocycles. The first-order valence-electron chi connectivity index (χ1n) is 2.56. The van der Waals surface area contributed by atoms with Crippen molar-refractivity contribution in [3.8, 4) is 0 Å². The largest absolute Gasteiger partial charge is 0.298 e. The van der Waals surface area contributed by atoms with E-state index in [0.717, 1.165) is 0 Å². The van der Waals surface area contributed by atoms with Crippen LogP contribution >= 0.6 is 0 Å². The molecule has 0 bridgehead atoms. The first-order valence-corrected chi connectivity index (χ1v) is 4.17. The van der Waals surface area contributed by atoms with Crippen LogP contribution in [0.25, 0.3) is 0 Å². The highest BCUT2D eigenvalue weighted by atomic mass is 32.2. The molecule has 0 amide bonds. The van der Waals surface area contributed by atoms with Crippen molar-refractivity contribution in [1.82, 2.24) is 0 Å². The van der Waals surface area contributed by atoms with E-state index in [1.165, 1.54) is 0 Å². The summed E-state index contributed by atoms with van der Waals surface area (Å²) in [5.41, 5.74) is 0. The zero-order valence-corrected chi connectivity index (χ0v) is 5.52. The van der Waals surface area contributed by atoms with Crippen LogP contribution < -0.4 is 5.14 Å². The van der Waals surface area contributed by atoms with E-state index < -0.39 is 15.3 Å². The van der Waals surface area contributed by atoms with Gasteiger partial charge in [0.2, 0.25) is 10.0 Å². The molecule has 1 atom stereocenters. The lowest BCUT2D eigenvalue weighted by molar-refractivity contribution is -0.122. The summed E-state index contributed by atoms with van der Waals surface area (Å²) in [6, 6.07) is 0. The molecule has 2 N–H and O–H groups in total. The van der Waals surface area contributed by atoms with E-state index in [9.17, 15) is 13.2 Å². The molecule has 9 heavy (non-hydrogen) atoms. The van der Waals surface area contributed by atoms with Gasteiger partial charge in [0.1, 0.15) is 5.25 Å². The topological polar surface area (TPSA) is 77.2 Å². The minimum atomic E-state index is -3.56. The summed E-state index contributed by atoms with van der Waals surface area (Å²) in [6.45, 7) is 0. The maximum atomic E-state index is 10.4. The third-order valence-electron chi connectivity index (χ3n) is 1.41. The van der Waals surface area contributed by atoms with Gasteiger partial charge in [-0.3, -0.25) is 4.79 Å². The molecule has 0 spiro atoms. The molecule has 1 rings (SSSR count). The van der Waals surface area contributed by atoms with E-state index in [2.05, 4.69) is 5.14 Å².